The Morgan fingerprint density at radius 1 is 0.632 bits per heavy atom. The van der Waals surface area contributed by atoms with Crippen LogP contribution < -0.4 is 22.1 Å². The number of carbonyl (C=O) groups is 2. The van der Waals surface area contributed by atoms with Crippen LogP contribution in [0.15, 0.2) is 145 Å². The number of hydrogen-bond donors (Lipinski definition) is 5. The highest BCUT2D eigenvalue weighted by Crippen LogP contribution is 2.37. The normalized spacial score (nSPS) is 14.2. The molecule has 2 amide bonds. The first-order chi connectivity index (χ1) is 36.2. The van der Waals surface area contributed by atoms with Crippen LogP contribution in [-0.2, 0) is 10.0 Å². The van der Waals surface area contributed by atoms with Crippen LogP contribution in [-0.4, -0.2) is 97.2 Å². The average Bonchev–Trinajstić information content (AvgIpc) is 4.03. The van der Waals surface area contributed by atoms with E-state index in [2.05, 4.69) is 35.6 Å². The molecule has 0 unspecified atom stereocenters. The lowest BCUT2D eigenvalue weighted by Crippen LogP contribution is -2.42. The van der Waals surface area contributed by atoms with E-state index < -0.39 is 21.7 Å². The summed E-state index contributed by atoms with van der Waals surface area (Å²) in [6.45, 7) is 1.85. The van der Waals surface area contributed by atoms with Crippen LogP contribution >= 0.6 is 23.2 Å². The summed E-state index contributed by atoms with van der Waals surface area (Å²) in [6.07, 6.45) is 9.07. The van der Waals surface area contributed by atoms with Gasteiger partial charge in [0.05, 0.1) is 55.4 Å². The fourth-order valence-electron chi connectivity index (χ4n) is 9.33. The van der Waals surface area contributed by atoms with Gasteiger partial charge in [-0.2, -0.15) is 0 Å². The van der Waals surface area contributed by atoms with E-state index in [-0.39, 0.29) is 58.1 Å². The fraction of sp³-hybridized carbons (Fsp3) is 0.200. The minimum absolute atomic E-state index is 0. The number of aromatic nitrogens is 6. The van der Waals surface area contributed by atoms with Crippen molar-refractivity contribution in [2.45, 2.75) is 50.1 Å². The Morgan fingerprint density at radius 3 is 1.63 bits per heavy atom. The Morgan fingerprint density at radius 2 is 1.11 bits per heavy atom. The van der Waals surface area contributed by atoms with Gasteiger partial charge in [0.15, 0.2) is 0 Å². The van der Waals surface area contributed by atoms with Crippen molar-refractivity contribution in [2.75, 3.05) is 48.3 Å². The maximum atomic E-state index is 14.3. The van der Waals surface area contributed by atoms with E-state index in [4.69, 9.17) is 34.7 Å². The predicted octanol–water partition coefficient (Wildman–Crippen LogP) is 10.8. The van der Waals surface area contributed by atoms with Crippen molar-refractivity contribution in [3.63, 3.8) is 0 Å². The second-order valence-corrected chi connectivity index (χ2v) is 20.7. The number of carbonyl (C=O) groups excluding carboxylic acids is 2. The van der Waals surface area contributed by atoms with Gasteiger partial charge in [-0.1, -0.05) is 85.2 Å². The molecule has 2 aliphatic heterocycles. The lowest BCUT2D eigenvalue weighted by Gasteiger charge is -2.32. The Kier molecular flexibility index (Phi) is 15.5. The molecule has 4 aromatic heterocycles. The average molecular weight is 1090 g/mol. The smallest absolute Gasteiger partial charge is 0.268 e. The molecule has 2 aliphatic rings. The summed E-state index contributed by atoms with van der Waals surface area (Å²) in [7, 11) is -3.88. The standard InChI is InChI=1S/C30H26ClFN6O3S.C24H22ClFN6O.CH4/c31-25-17-34-30(35-20-12-14-37(15-13-20)29(39)23-11-10-19(33)16-26(23)32)36-28(25)24-18-38(27-9-5-4-8-22(24)27)42(40,41)21-6-2-1-3-7-21;25-19-13-29-24(31-22(19)18-12-28-21-4-2-1-3-16(18)21)30-15-7-9-32(10-8-15)23(33)17-6-5-14(27)11-20(17)26;/h1-11,16-18,20H,12-15,33H2,(H,34,35,36);1-6,11-13,15,28H,7-10,27H2,(H,29,30,31);1H4. The van der Waals surface area contributed by atoms with Gasteiger partial charge in [-0.3, -0.25) is 9.59 Å². The van der Waals surface area contributed by atoms with Gasteiger partial charge in [-0.15, -0.1) is 0 Å². The molecule has 2 saturated heterocycles. The molecule has 2 fully saturated rings. The van der Waals surface area contributed by atoms with Gasteiger partial charge in [0.25, 0.3) is 21.8 Å². The number of likely N-dealkylation sites (tertiary alicyclic amines) is 2. The van der Waals surface area contributed by atoms with Crippen molar-refractivity contribution in [1.82, 2.24) is 38.7 Å². The number of nitrogen functional groups attached to an aromatic ring is 2. The van der Waals surface area contributed by atoms with Crippen LogP contribution in [0.1, 0.15) is 53.8 Å². The van der Waals surface area contributed by atoms with Gasteiger partial charge in [-0.05, 0) is 86.3 Å². The van der Waals surface area contributed by atoms with E-state index in [0.717, 1.165) is 22.5 Å². The number of halogens is 4. The second kappa shape index (κ2) is 22.4. The van der Waals surface area contributed by atoms with Crippen molar-refractivity contribution < 1.29 is 26.8 Å². The molecule has 11 rings (SSSR count). The first-order valence-electron chi connectivity index (χ1n) is 24.0. The predicted molar refractivity (Wildman–Crippen MR) is 295 cm³/mol. The number of anilines is 4. The van der Waals surface area contributed by atoms with Crippen molar-refractivity contribution in [1.29, 1.82) is 0 Å². The number of benzene rings is 5. The lowest BCUT2D eigenvalue weighted by molar-refractivity contribution is 0.0705. The Bertz CT molecular complexity index is 3720. The number of nitrogens with one attached hydrogen (secondary N) is 3. The molecule has 7 N–H and O–H groups in total. The minimum atomic E-state index is -3.88. The van der Waals surface area contributed by atoms with Crippen molar-refractivity contribution in [3.8, 4) is 22.5 Å². The molecule has 9 aromatic rings. The minimum Gasteiger partial charge on any atom is -0.399 e. The van der Waals surface area contributed by atoms with Crippen LogP contribution in [0, 0.1) is 11.6 Å². The van der Waals surface area contributed by atoms with Gasteiger partial charge < -0.3 is 36.9 Å². The highest BCUT2D eigenvalue weighted by atomic mass is 35.5. The zero-order chi connectivity index (χ0) is 52.4. The first kappa shape index (κ1) is 52.7. The van der Waals surface area contributed by atoms with E-state index >= 15 is 0 Å². The molecule has 5 aromatic carbocycles. The number of hydrogen-bond acceptors (Lipinski definition) is 12. The number of rotatable bonds is 10. The molecule has 76 heavy (non-hydrogen) atoms. The topological polar surface area (TPSA) is 223 Å². The van der Waals surface area contributed by atoms with E-state index in [1.54, 1.807) is 58.5 Å². The van der Waals surface area contributed by atoms with E-state index in [9.17, 15) is 26.8 Å². The van der Waals surface area contributed by atoms with Crippen LogP contribution in [0.5, 0.6) is 0 Å². The first-order valence-corrected chi connectivity index (χ1v) is 26.2. The van der Waals surface area contributed by atoms with Crippen LogP contribution in [0.25, 0.3) is 44.3 Å². The van der Waals surface area contributed by atoms with Crippen molar-refractivity contribution in [3.05, 3.63) is 173 Å². The number of amides is 2. The summed E-state index contributed by atoms with van der Waals surface area (Å²) >= 11 is 13.0. The molecule has 0 spiro atoms. The number of para-hydroxylation sites is 2. The molecule has 0 atom stereocenters. The SMILES string of the molecule is C.Nc1ccc(C(=O)N2CCC(Nc3ncc(Cl)c(-c4c[nH]c5ccccc45)n3)CC2)c(F)c1.Nc1ccc(C(=O)N2CCC(Nc3ncc(Cl)c(-c4cn(S(=O)(=O)c5ccccc5)c5ccccc45)n3)CC2)c(F)c1. The summed E-state index contributed by atoms with van der Waals surface area (Å²) in [5.74, 6) is -1.13. The quantitative estimate of drug-likeness (QED) is 0.0807. The molecule has 0 aliphatic carbocycles. The number of fused-ring (bicyclic) bond motifs is 2. The number of nitrogens with zero attached hydrogens (tertiary/aromatic N) is 7. The van der Waals surface area contributed by atoms with Gasteiger partial charge in [-0.25, -0.2) is 41.1 Å². The largest absolute Gasteiger partial charge is 0.399 e. The summed E-state index contributed by atoms with van der Waals surface area (Å²) in [6, 6.07) is 31.6. The molecule has 21 heteroatoms. The zero-order valence-corrected chi connectivity index (χ0v) is 42.3. The molecule has 0 radical (unpaired) electrons. The molecular formula is C55H52Cl2F2N12O4S. The van der Waals surface area contributed by atoms with Crippen LogP contribution in [0.3, 0.4) is 0 Å². The third-order valence-electron chi connectivity index (χ3n) is 13.2. The van der Waals surface area contributed by atoms with E-state index in [1.807, 2.05) is 42.6 Å². The Labute approximate surface area is 447 Å². The monoisotopic (exact) mass is 1080 g/mol. The highest BCUT2D eigenvalue weighted by Gasteiger charge is 2.29. The maximum absolute atomic E-state index is 14.3. The molecule has 0 saturated carbocycles. The van der Waals surface area contributed by atoms with Crippen LogP contribution in [0.4, 0.5) is 32.1 Å². The van der Waals surface area contributed by atoms with Crippen molar-refractivity contribution >= 4 is 90.1 Å². The van der Waals surface area contributed by atoms with Gasteiger partial charge in [0, 0.05) is 89.4 Å². The van der Waals surface area contributed by atoms with Gasteiger partial charge in [0.1, 0.15) is 11.6 Å². The molecule has 16 nitrogen and oxygen atoms in total. The Balaban J connectivity index is 0.000000188. The van der Waals surface area contributed by atoms with E-state index in [0.29, 0.717) is 102 Å². The number of aromatic amines is 1. The van der Waals surface area contributed by atoms with E-state index in [1.165, 1.54) is 46.7 Å². The maximum Gasteiger partial charge on any atom is 0.268 e. The number of H-pyrrole nitrogens is 1. The molecule has 6 heterocycles. The zero-order valence-electron chi connectivity index (χ0n) is 39.9. The van der Waals surface area contributed by atoms with Gasteiger partial charge >= 0.3 is 0 Å². The fourth-order valence-corrected chi connectivity index (χ4v) is 11.1. The highest BCUT2D eigenvalue weighted by molar-refractivity contribution is 7.90. The number of piperidine rings is 2. The Hall–Kier alpha value is -8.13. The number of nitrogens with two attached hydrogens (primary N) is 2. The van der Waals surface area contributed by atoms with Gasteiger partial charge in [0.2, 0.25) is 11.9 Å². The molecular weight excluding hydrogens is 1030 g/mol. The molecule has 390 valence electrons. The summed E-state index contributed by atoms with van der Waals surface area (Å²) < 4.78 is 56.7. The molecule has 0 bridgehead atoms. The summed E-state index contributed by atoms with van der Waals surface area (Å²) in [4.78, 5) is 50.2. The van der Waals surface area contributed by atoms with Crippen LogP contribution in [0.2, 0.25) is 10.0 Å². The third-order valence-corrected chi connectivity index (χ3v) is 15.5. The van der Waals surface area contributed by atoms with Crippen molar-refractivity contribution in [2.24, 2.45) is 0 Å². The third kappa shape index (κ3) is 11.0. The summed E-state index contributed by atoms with van der Waals surface area (Å²) in [5.41, 5.74) is 15.8. The lowest BCUT2D eigenvalue weighted by atomic mass is 10.0. The summed E-state index contributed by atoms with van der Waals surface area (Å²) in [5, 5.41) is 9.11. The second-order valence-electron chi connectivity index (χ2n) is 18.1.